The van der Waals surface area contributed by atoms with Gasteiger partial charge in [-0.15, -0.1) is 0 Å². The summed E-state index contributed by atoms with van der Waals surface area (Å²) in [5.74, 6) is -0.285. The third kappa shape index (κ3) is 3.80. The monoisotopic (exact) mass is 308 g/mol. The quantitative estimate of drug-likeness (QED) is 0.893. The van der Waals surface area contributed by atoms with Crippen LogP contribution in [0, 0.1) is 12.7 Å². The molecule has 0 bridgehead atoms. The lowest BCUT2D eigenvalue weighted by molar-refractivity contribution is 0.588. The molecule has 2 N–H and O–H groups in total. The Kier molecular flexibility index (Phi) is 4.59. The van der Waals surface area contributed by atoms with E-state index in [1.807, 2.05) is 6.92 Å². The van der Waals surface area contributed by atoms with Gasteiger partial charge < -0.3 is 5.32 Å². The van der Waals surface area contributed by atoms with E-state index < -0.39 is 10.0 Å². The van der Waals surface area contributed by atoms with Crippen molar-refractivity contribution in [2.75, 3.05) is 12.4 Å². The Bertz CT molecular complexity index is 745. The molecule has 0 amide bonds. The standard InChI is InChI=1S/C15H17FN2O2S/c1-11-6-7-15(16)12(8-11)10-18-13-4-3-5-14(9-13)21(19,20)17-2/h3-9,17-18H,10H2,1-2H3. The molecule has 2 aromatic carbocycles. The number of halogens is 1. The Morgan fingerprint density at radius 3 is 2.62 bits per heavy atom. The Hall–Kier alpha value is -1.92. The maximum atomic E-state index is 13.6. The molecule has 0 aliphatic rings. The Balaban J connectivity index is 2.18. The zero-order valence-electron chi connectivity index (χ0n) is 11.9. The third-order valence-electron chi connectivity index (χ3n) is 3.10. The first-order valence-electron chi connectivity index (χ1n) is 6.45. The lowest BCUT2D eigenvalue weighted by Crippen LogP contribution is -2.18. The van der Waals surface area contributed by atoms with Crippen LogP contribution in [0.1, 0.15) is 11.1 Å². The van der Waals surface area contributed by atoms with Crippen LogP contribution in [0.15, 0.2) is 47.4 Å². The number of benzene rings is 2. The highest BCUT2D eigenvalue weighted by Gasteiger charge is 2.11. The van der Waals surface area contributed by atoms with Crippen LogP contribution in [0.25, 0.3) is 0 Å². The predicted molar refractivity (Wildman–Crippen MR) is 81.2 cm³/mol. The Morgan fingerprint density at radius 1 is 1.14 bits per heavy atom. The molecule has 2 aromatic rings. The molecule has 0 unspecified atom stereocenters. The summed E-state index contributed by atoms with van der Waals surface area (Å²) in [6, 6.07) is 11.3. The van der Waals surface area contributed by atoms with Crippen molar-refractivity contribution in [2.45, 2.75) is 18.4 Å². The van der Waals surface area contributed by atoms with Crippen LogP contribution in [0.2, 0.25) is 0 Å². The summed E-state index contributed by atoms with van der Waals surface area (Å²) in [6.45, 7) is 2.18. The van der Waals surface area contributed by atoms with E-state index in [1.165, 1.54) is 25.2 Å². The van der Waals surface area contributed by atoms with E-state index >= 15 is 0 Å². The van der Waals surface area contributed by atoms with Gasteiger partial charge in [0.05, 0.1) is 4.90 Å². The predicted octanol–water partition coefficient (Wildman–Crippen LogP) is 2.65. The highest BCUT2D eigenvalue weighted by molar-refractivity contribution is 7.89. The number of hydrogen-bond donors (Lipinski definition) is 2. The minimum atomic E-state index is -3.48. The van der Waals surface area contributed by atoms with E-state index in [-0.39, 0.29) is 17.3 Å². The van der Waals surface area contributed by atoms with Crippen molar-refractivity contribution in [1.82, 2.24) is 4.72 Å². The highest BCUT2D eigenvalue weighted by atomic mass is 32.2. The molecule has 0 saturated carbocycles. The van der Waals surface area contributed by atoms with E-state index in [4.69, 9.17) is 0 Å². The summed E-state index contributed by atoms with van der Waals surface area (Å²) in [6.07, 6.45) is 0. The summed E-state index contributed by atoms with van der Waals surface area (Å²) in [5, 5.41) is 3.03. The summed E-state index contributed by atoms with van der Waals surface area (Å²) in [5.41, 5.74) is 2.13. The topological polar surface area (TPSA) is 58.2 Å². The van der Waals surface area contributed by atoms with Gasteiger partial charge >= 0.3 is 0 Å². The van der Waals surface area contributed by atoms with Crippen molar-refractivity contribution in [2.24, 2.45) is 0 Å². The van der Waals surface area contributed by atoms with Gasteiger partial charge in [0, 0.05) is 17.8 Å². The van der Waals surface area contributed by atoms with Gasteiger partial charge in [0.15, 0.2) is 0 Å². The molecule has 0 heterocycles. The van der Waals surface area contributed by atoms with E-state index in [0.717, 1.165) is 5.56 Å². The van der Waals surface area contributed by atoms with Crippen molar-refractivity contribution < 1.29 is 12.8 Å². The molecule has 0 saturated heterocycles. The molecule has 0 fully saturated rings. The van der Waals surface area contributed by atoms with Crippen LogP contribution in [0.3, 0.4) is 0 Å². The molecule has 0 aliphatic carbocycles. The smallest absolute Gasteiger partial charge is 0.240 e. The van der Waals surface area contributed by atoms with Crippen LogP contribution in [-0.2, 0) is 16.6 Å². The summed E-state index contributed by atoms with van der Waals surface area (Å²) in [7, 11) is -2.12. The van der Waals surface area contributed by atoms with Gasteiger partial charge in [-0.05, 0) is 38.2 Å². The number of aryl methyl sites for hydroxylation is 1. The van der Waals surface area contributed by atoms with Gasteiger partial charge in [0.2, 0.25) is 10.0 Å². The largest absolute Gasteiger partial charge is 0.381 e. The van der Waals surface area contributed by atoms with E-state index in [0.29, 0.717) is 11.3 Å². The fraction of sp³-hybridized carbons (Fsp3) is 0.200. The van der Waals surface area contributed by atoms with Crippen LogP contribution in [0.5, 0.6) is 0 Å². The molecule has 0 atom stereocenters. The molecule has 0 aliphatic heterocycles. The zero-order valence-corrected chi connectivity index (χ0v) is 12.7. The lowest BCUT2D eigenvalue weighted by Gasteiger charge is -2.10. The number of anilines is 1. The second-order valence-electron chi connectivity index (χ2n) is 4.68. The maximum Gasteiger partial charge on any atom is 0.240 e. The molecule has 0 radical (unpaired) electrons. The summed E-state index contributed by atoms with van der Waals surface area (Å²) in [4.78, 5) is 0.166. The molecule has 0 aromatic heterocycles. The number of hydrogen-bond acceptors (Lipinski definition) is 3. The van der Waals surface area contributed by atoms with Gasteiger partial charge in [-0.3, -0.25) is 0 Å². The fourth-order valence-corrected chi connectivity index (χ4v) is 2.70. The number of rotatable bonds is 5. The second kappa shape index (κ2) is 6.24. The van der Waals surface area contributed by atoms with E-state index in [9.17, 15) is 12.8 Å². The van der Waals surface area contributed by atoms with Crippen molar-refractivity contribution >= 4 is 15.7 Å². The number of sulfonamides is 1. The Morgan fingerprint density at radius 2 is 1.90 bits per heavy atom. The first-order valence-corrected chi connectivity index (χ1v) is 7.93. The normalized spacial score (nSPS) is 11.4. The highest BCUT2D eigenvalue weighted by Crippen LogP contribution is 2.17. The van der Waals surface area contributed by atoms with Crippen LogP contribution in [0.4, 0.5) is 10.1 Å². The molecule has 0 spiro atoms. The SMILES string of the molecule is CNS(=O)(=O)c1cccc(NCc2cc(C)ccc2F)c1. The van der Waals surface area contributed by atoms with Crippen LogP contribution in [-0.4, -0.2) is 15.5 Å². The summed E-state index contributed by atoms with van der Waals surface area (Å²) >= 11 is 0. The van der Waals surface area contributed by atoms with E-state index in [2.05, 4.69) is 10.0 Å². The van der Waals surface area contributed by atoms with Gasteiger partial charge in [0.25, 0.3) is 0 Å². The van der Waals surface area contributed by atoms with Crippen LogP contribution >= 0.6 is 0 Å². The fourth-order valence-electron chi connectivity index (χ4n) is 1.93. The van der Waals surface area contributed by atoms with Crippen molar-refractivity contribution in [3.05, 3.63) is 59.4 Å². The van der Waals surface area contributed by atoms with Gasteiger partial charge in [-0.1, -0.05) is 23.8 Å². The third-order valence-corrected chi connectivity index (χ3v) is 4.51. The molecule has 2 rings (SSSR count). The van der Waals surface area contributed by atoms with Gasteiger partial charge in [0.1, 0.15) is 5.82 Å². The minimum Gasteiger partial charge on any atom is -0.381 e. The van der Waals surface area contributed by atoms with E-state index in [1.54, 1.807) is 24.3 Å². The van der Waals surface area contributed by atoms with Crippen molar-refractivity contribution in [3.8, 4) is 0 Å². The first-order chi connectivity index (χ1) is 9.92. The second-order valence-corrected chi connectivity index (χ2v) is 6.57. The molecular weight excluding hydrogens is 291 g/mol. The average Bonchev–Trinajstić information content (AvgIpc) is 2.48. The maximum absolute atomic E-state index is 13.6. The van der Waals surface area contributed by atoms with Crippen LogP contribution < -0.4 is 10.0 Å². The lowest BCUT2D eigenvalue weighted by atomic mass is 10.1. The van der Waals surface area contributed by atoms with Crippen molar-refractivity contribution in [1.29, 1.82) is 0 Å². The average molecular weight is 308 g/mol. The molecular formula is C15H17FN2O2S. The van der Waals surface area contributed by atoms with Gasteiger partial charge in [-0.25, -0.2) is 17.5 Å². The minimum absolute atomic E-state index is 0.166. The number of nitrogens with one attached hydrogen (secondary N) is 2. The molecule has 21 heavy (non-hydrogen) atoms. The summed E-state index contributed by atoms with van der Waals surface area (Å²) < 4.78 is 39.4. The molecule has 112 valence electrons. The molecule has 4 nitrogen and oxygen atoms in total. The molecule has 6 heteroatoms. The Labute approximate surface area is 124 Å². The first kappa shape index (κ1) is 15.5. The van der Waals surface area contributed by atoms with Gasteiger partial charge in [-0.2, -0.15) is 0 Å². The zero-order chi connectivity index (χ0) is 15.5. The van der Waals surface area contributed by atoms with Crippen molar-refractivity contribution in [3.63, 3.8) is 0 Å².